The fourth-order valence-corrected chi connectivity index (χ4v) is 3.42. The number of aliphatic hydroxyl groups is 1. The Bertz CT molecular complexity index is 526. The molecule has 0 aromatic heterocycles. The summed E-state index contributed by atoms with van der Waals surface area (Å²) in [5.41, 5.74) is 0. The van der Waals surface area contributed by atoms with E-state index in [0.717, 1.165) is 0 Å². The van der Waals surface area contributed by atoms with Gasteiger partial charge in [0, 0.05) is 65.4 Å². The molecule has 0 spiro atoms. The van der Waals surface area contributed by atoms with Crippen molar-refractivity contribution in [3.8, 4) is 0 Å². The normalized spacial score (nSPS) is 19.9. The monoisotopic (exact) mass is 447 g/mol. The molecule has 2 N–H and O–H groups in total. The maximum absolute atomic E-state index is 11.3. The molecule has 1 heterocycles. The van der Waals surface area contributed by atoms with Crippen molar-refractivity contribution < 1.29 is 34.1 Å². The van der Waals surface area contributed by atoms with Crippen molar-refractivity contribution >= 4 is 18.9 Å². The molecule has 0 aromatic rings. The maximum atomic E-state index is 11.3. The molecule has 12 heteroatoms. The zero-order chi connectivity index (χ0) is 23.1. The van der Waals surface area contributed by atoms with Gasteiger partial charge in [-0.05, 0) is 14.1 Å². The molecular weight excluding hydrogens is 410 g/mol. The Balaban J connectivity index is 2.87. The number of hydrogen-bond acceptors (Lipinski definition) is 11. The quantitative estimate of drug-likeness (QED) is 0.307. The van der Waals surface area contributed by atoms with Crippen molar-refractivity contribution in [2.75, 3.05) is 99.5 Å². The second kappa shape index (κ2) is 15.9. The number of ether oxygens (including phenoxy) is 2. The number of rotatable bonds is 12. The predicted molar refractivity (Wildman–Crippen MR) is 112 cm³/mol. The third-order valence-corrected chi connectivity index (χ3v) is 4.98. The van der Waals surface area contributed by atoms with Crippen molar-refractivity contribution in [1.82, 2.24) is 24.5 Å². The van der Waals surface area contributed by atoms with Gasteiger partial charge in [-0.3, -0.25) is 34.0 Å². The van der Waals surface area contributed by atoms with Crippen LogP contribution in [0.5, 0.6) is 0 Å². The minimum absolute atomic E-state index is 0.0875. The van der Waals surface area contributed by atoms with Crippen LogP contribution in [0.1, 0.15) is 0 Å². The molecule has 1 rings (SSSR count). The highest BCUT2D eigenvalue weighted by molar-refractivity contribution is 5.69. The fraction of sp³-hybridized carbons (Fsp3) is 0.842. The van der Waals surface area contributed by atoms with E-state index in [1.807, 2.05) is 33.7 Å². The number of carboxylic acids is 1. The molecular formula is C19H37N5O7. The van der Waals surface area contributed by atoms with Gasteiger partial charge in [0.2, 0.25) is 0 Å². The number of aliphatic hydroxyl groups excluding tert-OH is 1. The second-order valence-corrected chi connectivity index (χ2v) is 7.91. The number of nitrogens with zero attached hydrogens (tertiary/aromatic N) is 5. The van der Waals surface area contributed by atoms with Crippen molar-refractivity contribution in [3.63, 3.8) is 0 Å². The van der Waals surface area contributed by atoms with Crippen molar-refractivity contribution in [2.45, 2.75) is 6.10 Å². The first kappa shape index (κ1) is 27.2. The molecule has 0 radical (unpaired) electrons. The topological polar surface area (TPSA) is 126 Å². The molecule has 0 amide bonds. The number of likely N-dealkylation sites (N-methyl/N-ethyl adjacent to an activating group) is 1. The van der Waals surface area contributed by atoms with Crippen molar-refractivity contribution in [3.05, 3.63) is 0 Å². The molecule has 31 heavy (non-hydrogen) atoms. The molecule has 180 valence electrons. The highest BCUT2D eigenvalue weighted by Crippen LogP contribution is 2.03. The van der Waals surface area contributed by atoms with E-state index in [2.05, 4.69) is 4.90 Å². The molecule has 0 bridgehead atoms. The van der Waals surface area contributed by atoms with Crippen LogP contribution < -0.4 is 0 Å². The Kier molecular flexibility index (Phi) is 13.9. The second-order valence-electron chi connectivity index (χ2n) is 7.91. The molecule has 1 saturated heterocycles. The van der Waals surface area contributed by atoms with Crippen molar-refractivity contribution in [1.29, 1.82) is 0 Å². The Labute approximate surface area is 183 Å². The molecule has 12 nitrogen and oxygen atoms in total. The van der Waals surface area contributed by atoms with Crippen molar-refractivity contribution in [2.24, 2.45) is 0 Å². The van der Waals surface area contributed by atoms with Crippen LogP contribution in [-0.2, 0) is 23.9 Å². The highest BCUT2D eigenvalue weighted by atomic mass is 16.5. The average Bonchev–Trinajstić information content (AvgIpc) is 2.69. The first-order valence-electron chi connectivity index (χ1n) is 10.4. The number of aliphatic carboxylic acids is 1. The Hall–Kier alpha value is -1.83. The summed E-state index contributed by atoms with van der Waals surface area (Å²) in [6.45, 7) is 6.42. The Morgan fingerprint density at radius 3 is 1.68 bits per heavy atom. The zero-order valence-corrected chi connectivity index (χ0v) is 18.6. The number of carbonyl (C=O) groups excluding carboxylic acids is 2. The standard InChI is InChI=1S/C19H37N5O7/c1-20(2)11-18(27)12-21-3-4-22(13-19(28)29)6-8-24(15-31-17-26)10-9-23(7-5-21)14-30-16-25/h16-18,27H,3-15H2,1-2H3,(H,28,29). The molecule has 1 unspecified atom stereocenters. The summed E-state index contributed by atoms with van der Waals surface area (Å²) in [5.74, 6) is -0.904. The number of hydrogen-bond donors (Lipinski definition) is 2. The first-order chi connectivity index (χ1) is 14.8. The molecule has 0 saturated carbocycles. The van der Waals surface area contributed by atoms with E-state index in [9.17, 15) is 24.6 Å². The summed E-state index contributed by atoms with van der Waals surface area (Å²) >= 11 is 0. The number of carbonyl (C=O) groups is 3. The maximum Gasteiger partial charge on any atom is 0.317 e. The molecule has 1 aliphatic rings. The van der Waals surface area contributed by atoms with Gasteiger partial charge in [-0.2, -0.15) is 0 Å². The lowest BCUT2D eigenvalue weighted by Crippen LogP contribution is -2.49. The van der Waals surface area contributed by atoms with E-state index in [-0.39, 0.29) is 20.0 Å². The van der Waals surface area contributed by atoms with Gasteiger partial charge in [0.25, 0.3) is 12.9 Å². The largest absolute Gasteiger partial charge is 0.480 e. The third-order valence-electron chi connectivity index (χ3n) is 4.98. The summed E-state index contributed by atoms with van der Waals surface area (Å²) in [6, 6.07) is 0. The van der Waals surface area contributed by atoms with Gasteiger partial charge < -0.3 is 24.6 Å². The van der Waals surface area contributed by atoms with Crippen LogP contribution in [0.25, 0.3) is 0 Å². The van der Waals surface area contributed by atoms with E-state index >= 15 is 0 Å². The lowest BCUT2D eigenvalue weighted by Gasteiger charge is -2.34. The van der Waals surface area contributed by atoms with E-state index in [4.69, 9.17) is 9.47 Å². The van der Waals surface area contributed by atoms with Crippen LogP contribution in [0.4, 0.5) is 0 Å². The fourth-order valence-electron chi connectivity index (χ4n) is 3.42. The van der Waals surface area contributed by atoms with E-state index in [1.54, 1.807) is 0 Å². The molecule has 0 aliphatic carbocycles. The molecule has 0 aromatic carbocycles. The predicted octanol–water partition coefficient (Wildman–Crippen LogP) is -2.52. The minimum atomic E-state index is -0.904. The van der Waals surface area contributed by atoms with Gasteiger partial charge in [0.1, 0.15) is 13.5 Å². The van der Waals surface area contributed by atoms with Crippen LogP contribution in [0.2, 0.25) is 0 Å². The lowest BCUT2D eigenvalue weighted by atomic mass is 10.2. The number of carboxylic acid groups (broad SMARTS) is 1. The van der Waals surface area contributed by atoms with Crippen LogP contribution in [0, 0.1) is 0 Å². The lowest BCUT2D eigenvalue weighted by molar-refractivity contribution is -0.139. The van der Waals surface area contributed by atoms with Gasteiger partial charge in [-0.15, -0.1) is 0 Å². The molecule has 1 atom stereocenters. The van der Waals surface area contributed by atoms with Gasteiger partial charge in [-0.1, -0.05) is 0 Å². The van der Waals surface area contributed by atoms with E-state index in [0.29, 0.717) is 78.4 Å². The van der Waals surface area contributed by atoms with Crippen LogP contribution in [0.15, 0.2) is 0 Å². The van der Waals surface area contributed by atoms with Gasteiger partial charge in [0.15, 0.2) is 0 Å². The van der Waals surface area contributed by atoms with Gasteiger partial charge in [0.05, 0.1) is 12.6 Å². The van der Waals surface area contributed by atoms with E-state index < -0.39 is 12.1 Å². The van der Waals surface area contributed by atoms with Crippen LogP contribution in [0.3, 0.4) is 0 Å². The molecule has 1 fully saturated rings. The summed E-state index contributed by atoms with van der Waals surface area (Å²) in [4.78, 5) is 42.3. The summed E-state index contributed by atoms with van der Waals surface area (Å²) < 4.78 is 9.82. The van der Waals surface area contributed by atoms with Gasteiger partial charge >= 0.3 is 5.97 Å². The average molecular weight is 448 g/mol. The highest BCUT2D eigenvalue weighted by Gasteiger charge is 2.20. The zero-order valence-electron chi connectivity index (χ0n) is 18.6. The Morgan fingerprint density at radius 1 is 0.871 bits per heavy atom. The summed E-state index contributed by atoms with van der Waals surface area (Å²) in [7, 11) is 3.79. The SMILES string of the molecule is CN(C)CC(O)CN1CCN(COC=O)CCN(COC=O)CCN(CC(=O)O)CC1. The summed E-state index contributed by atoms with van der Waals surface area (Å²) in [6.07, 6.45) is -0.536. The smallest absolute Gasteiger partial charge is 0.317 e. The van der Waals surface area contributed by atoms with Crippen LogP contribution >= 0.6 is 0 Å². The molecule has 1 aliphatic heterocycles. The number of β-amino-alcohol motifs (C(OH)–C–C–N with tert-alkyl or cyclic N) is 1. The third kappa shape index (κ3) is 13.2. The first-order valence-corrected chi connectivity index (χ1v) is 10.4. The Morgan fingerprint density at radius 2 is 1.29 bits per heavy atom. The van der Waals surface area contributed by atoms with E-state index in [1.165, 1.54) is 0 Å². The minimum Gasteiger partial charge on any atom is -0.480 e. The van der Waals surface area contributed by atoms with Crippen LogP contribution in [-0.4, -0.2) is 159 Å². The summed E-state index contributed by atoms with van der Waals surface area (Å²) in [5, 5.41) is 19.6. The van der Waals surface area contributed by atoms with Gasteiger partial charge in [-0.25, -0.2) is 0 Å².